The van der Waals surface area contributed by atoms with Gasteiger partial charge in [0, 0.05) is 30.9 Å². The SMILES string of the molecule is CC(=O)OC[C@@H](OC(CCl)CCl)n1ccc(=O)[nH]c1=O. The smallest absolute Gasteiger partial charge is 0.330 e. The number of esters is 1. The molecule has 0 bridgehead atoms. The maximum atomic E-state index is 11.7. The van der Waals surface area contributed by atoms with Gasteiger partial charge in [0.15, 0.2) is 6.23 Å². The Bertz CT molecular complexity index is 552. The van der Waals surface area contributed by atoms with Crippen molar-refractivity contribution in [2.75, 3.05) is 18.4 Å². The third-order valence-corrected chi connectivity index (χ3v) is 2.97. The summed E-state index contributed by atoms with van der Waals surface area (Å²) in [6, 6.07) is 1.15. The molecule has 0 spiro atoms. The fourth-order valence-electron chi connectivity index (χ4n) is 1.36. The molecule has 0 aliphatic rings. The number of H-pyrrole nitrogens is 1. The molecule has 1 aromatic rings. The van der Waals surface area contributed by atoms with Crippen LogP contribution in [0.1, 0.15) is 13.2 Å². The average Bonchev–Trinajstić information content (AvgIpc) is 2.40. The molecule has 0 saturated carbocycles. The van der Waals surface area contributed by atoms with E-state index >= 15 is 0 Å². The zero-order chi connectivity index (χ0) is 15.1. The number of ether oxygens (including phenoxy) is 2. The van der Waals surface area contributed by atoms with Crippen molar-refractivity contribution < 1.29 is 14.3 Å². The van der Waals surface area contributed by atoms with Crippen molar-refractivity contribution in [1.29, 1.82) is 0 Å². The van der Waals surface area contributed by atoms with Crippen LogP contribution in [0, 0.1) is 0 Å². The van der Waals surface area contributed by atoms with Gasteiger partial charge in [-0.1, -0.05) is 0 Å². The van der Waals surface area contributed by atoms with E-state index in [4.69, 9.17) is 32.7 Å². The molecule has 1 aromatic heterocycles. The fraction of sp³-hybridized carbons (Fsp3) is 0.545. The molecule has 0 fully saturated rings. The third kappa shape index (κ3) is 4.99. The van der Waals surface area contributed by atoms with Crippen LogP contribution in [-0.2, 0) is 14.3 Å². The number of hydrogen-bond donors (Lipinski definition) is 1. The summed E-state index contributed by atoms with van der Waals surface area (Å²) in [5, 5.41) is 0. The van der Waals surface area contributed by atoms with Gasteiger partial charge in [0.2, 0.25) is 0 Å². The Labute approximate surface area is 124 Å². The minimum atomic E-state index is -0.925. The quantitative estimate of drug-likeness (QED) is 0.581. The van der Waals surface area contributed by atoms with Gasteiger partial charge in [0.1, 0.15) is 6.61 Å². The van der Waals surface area contributed by atoms with Gasteiger partial charge in [-0.25, -0.2) is 4.79 Å². The Kier molecular flexibility index (Phi) is 6.77. The highest BCUT2D eigenvalue weighted by Crippen LogP contribution is 2.12. The number of halogens is 2. The molecular weight excluding hydrogens is 311 g/mol. The van der Waals surface area contributed by atoms with Gasteiger partial charge in [0.25, 0.3) is 5.56 Å². The van der Waals surface area contributed by atoms with Gasteiger partial charge in [-0.3, -0.25) is 19.1 Å². The van der Waals surface area contributed by atoms with Gasteiger partial charge in [0.05, 0.1) is 6.10 Å². The summed E-state index contributed by atoms with van der Waals surface area (Å²) in [6.07, 6.45) is -0.210. The number of carbonyl (C=O) groups is 1. The van der Waals surface area contributed by atoms with E-state index in [2.05, 4.69) is 4.98 Å². The van der Waals surface area contributed by atoms with Crippen LogP contribution in [0.3, 0.4) is 0 Å². The lowest BCUT2D eigenvalue weighted by atomic mass is 10.4. The summed E-state index contributed by atoms with van der Waals surface area (Å²) in [5.74, 6) is -0.305. The second-order valence-corrected chi connectivity index (χ2v) is 4.46. The monoisotopic (exact) mass is 324 g/mol. The molecule has 0 aliphatic heterocycles. The molecule has 1 heterocycles. The number of aromatic amines is 1. The summed E-state index contributed by atoms with van der Waals surface area (Å²) in [5.41, 5.74) is -1.22. The van der Waals surface area contributed by atoms with Crippen LogP contribution in [0.2, 0.25) is 0 Å². The van der Waals surface area contributed by atoms with Crippen molar-refractivity contribution >= 4 is 29.2 Å². The first-order valence-corrected chi connectivity index (χ1v) is 6.77. The number of nitrogens with one attached hydrogen (secondary N) is 1. The van der Waals surface area contributed by atoms with E-state index in [9.17, 15) is 14.4 Å². The van der Waals surface area contributed by atoms with E-state index in [1.807, 2.05) is 0 Å². The molecule has 1 N–H and O–H groups in total. The fourth-order valence-corrected chi connectivity index (χ4v) is 1.84. The second kappa shape index (κ2) is 8.08. The van der Waals surface area contributed by atoms with E-state index in [-0.39, 0.29) is 18.4 Å². The van der Waals surface area contributed by atoms with Crippen molar-refractivity contribution in [3.05, 3.63) is 33.1 Å². The minimum absolute atomic E-state index is 0.109. The number of hydrogen-bond acceptors (Lipinski definition) is 5. The number of alkyl halides is 2. The van der Waals surface area contributed by atoms with Gasteiger partial charge in [-0.2, -0.15) is 0 Å². The predicted molar refractivity (Wildman–Crippen MR) is 73.3 cm³/mol. The van der Waals surface area contributed by atoms with Gasteiger partial charge < -0.3 is 9.47 Å². The maximum absolute atomic E-state index is 11.7. The number of aromatic nitrogens is 2. The minimum Gasteiger partial charge on any atom is -0.461 e. The van der Waals surface area contributed by atoms with Crippen LogP contribution in [-0.4, -0.2) is 40.0 Å². The summed E-state index contributed by atoms with van der Waals surface area (Å²) in [7, 11) is 0. The zero-order valence-corrected chi connectivity index (χ0v) is 12.2. The van der Waals surface area contributed by atoms with Crippen molar-refractivity contribution in [2.24, 2.45) is 0 Å². The Morgan fingerprint density at radius 1 is 1.40 bits per heavy atom. The van der Waals surface area contributed by atoms with Crippen LogP contribution >= 0.6 is 23.2 Å². The zero-order valence-electron chi connectivity index (χ0n) is 10.7. The van der Waals surface area contributed by atoms with Gasteiger partial charge in [-0.15, -0.1) is 23.2 Å². The molecule has 1 atom stereocenters. The largest absolute Gasteiger partial charge is 0.461 e. The Hall–Kier alpha value is -1.31. The van der Waals surface area contributed by atoms with E-state index in [1.165, 1.54) is 13.1 Å². The maximum Gasteiger partial charge on any atom is 0.330 e. The summed E-state index contributed by atoms with van der Waals surface area (Å²) >= 11 is 11.3. The van der Waals surface area contributed by atoms with Gasteiger partial charge in [-0.05, 0) is 0 Å². The average molecular weight is 325 g/mol. The highest BCUT2D eigenvalue weighted by atomic mass is 35.5. The van der Waals surface area contributed by atoms with E-state index in [0.717, 1.165) is 10.6 Å². The highest BCUT2D eigenvalue weighted by molar-refractivity contribution is 6.21. The van der Waals surface area contributed by atoms with Crippen LogP contribution < -0.4 is 11.2 Å². The summed E-state index contributed by atoms with van der Waals surface area (Å²) < 4.78 is 11.4. The lowest BCUT2D eigenvalue weighted by Gasteiger charge is -2.23. The number of rotatable bonds is 7. The Morgan fingerprint density at radius 2 is 2.05 bits per heavy atom. The normalized spacial score (nSPS) is 12.4. The second-order valence-electron chi connectivity index (χ2n) is 3.84. The first kappa shape index (κ1) is 16.7. The molecule has 1 rings (SSSR count). The molecule has 9 heteroatoms. The van der Waals surface area contributed by atoms with E-state index in [1.54, 1.807) is 0 Å². The van der Waals surface area contributed by atoms with Crippen LogP contribution in [0.5, 0.6) is 0 Å². The molecule has 0 aliphatic carbocycles. The Morgan fingerprint density at radius 3 is 2.55 bits per heavy atom. The Balaban J connectivity index is 2.98. The van der Waals surface area contributed by atoms with E-state index in [0.29, 0.717) is 0 Å². The molecule has 20 heavy (non-hydrogen) atoms. The molecule has 0 aromatic carbocycles. The van der Waals surface area contributed by atoms with Crippen molar-refractivity contribution in [3.8, 4) is 0 Å². The van der Waals surface area contributed by atoms with Crippen LogP contribution in [0.25, 0.3) is 0 Å². The molecule has 7 nitrogen and oxygen atoms in total. The van der Waals surface area contributed by atoms with Crippen LogP contribution in [0.4, 0.5) is 0 Å². The van der Waals surface area contributed by atoms with Crippen molar-refractivity contribution in [1.82, 2.24) is 9.55 Å². The van der Waals surface area contributed by atoms with E-state index < -0.39 is 29.6 Å². The lowest BCUT2D eigenvalue weighted by molar-refractivity contribution is -0.150. The standard InChI is InChI=1S/C11H14Cl2N2O5/c1-7(16)19-6-10(20-8(4-12)5-13)15-3-2-9(17)14-11(15)18/h2-3,8,10H,4-6H2,1H3,(H,14,17,18)/t10-/m1/s1. The summed E-state index contributed by atoms with van der Waals surface area (Å²) in [6.45, 7) is 1.03. The topological polar surface area (TPSA) is 90.4 Å². The molecule has 112 valence electrons. The lowest BCUT2D eigenvalue weighted by Crippen LogP contribution is -2.37. The first-order chi connectivity index (χ1) is 9.47. The first-order valence-electron chi connectivity index (χ1n) is 5.70. The third-order valence-electron chi connectivity index (χ3n) is 2.28. The molecular formula is C11H14Cl2N2O5. The number of nitrogens with zero attached hydrogens (tertiary/aromatic N) is 1. The van der Waals surface area contributed by atoms with Crippen molar-refractivity contribution in [3.63, 3.8) is 0 Å². The molecule has 0 radical (unpaired) electrons. The molecule has 0 amide bonds. The summed E-state index contributed by atoms with van der Waals surface area (Å²) in [4.78, 5) is 35.7. The predicted octanol–water partition coefficient (Wildman–Crippen LogP) is 0.461. The molecule has 0 saturated heterocycles. The number of carbonyl (C=O) groups excluding carboxylic acids is 1. The highest BCUT2D eigenvalue weighted by Gasteiger charge is 2.19. The van der Waals surface area contributed by atoms with Crippen molar-refractivity contribution in [2.45, 2.75) is 19.3 Å². The van der Waals surface area contributed by atoms with Gasteiger partial charge >= 0.3 is 11.7 Å². The molecule has 0 unspecified atom stereocenters. The van der Waals surface area contributed by atoms with Crippen LogP contribution in [0.15, 0.2) is 21.9 Å².